The highest BCUT2D eigenvalue weighted by atomic mass is 16.5. The smallest absolute Gasteiger partial charge is 0.255 e. The first kappa shape index (κ1) is 21.8. The molecule has 5 rings (SSSR count). The molecular weight excluding hydrogens is 416 g/mol. The molecule has 6 nitrogen and oxygen atoms in total. The number of carbonyl (C=O) groups excluding carboxylic acids is 3. The van der Waals surface area contributed by atoms with Crippen molar-refractivity contribution >= 4 is 17.5 Å². The van der Waals surface area contributed by atoms with Crippen LogP contribution in [-0.4, -0.2) is 41.5 Å². The third kappa shape index (κ3) is 4.71. The summed E-state index contributed by atoms with van der Waals surface area (Å²) in [6.45, 7) is 3.01. The largest absolute Gasteiger partial charge is 0.489 e. The molecule has 0 spiro atoms. The lowest BCUT2D eigenvalue weighted by Crippen LogP contribution is -2.44. The van der Waals surface area contributed by atoms with E-state index in [2.05, 4.69) is 29.6 Å². The number of benzene rings is 2. The molecule has 3 aliphatic rings. The number of nitrogens with zero attached hydrogens (tertiary/aromatic N) is 1. The maximum Gasteiger partial charge on any atom is 0.255 e. The van der Waals surface area contributed by atoms with Crippen molar-refractivity contribution in [1.29, 1.82) is 0 Å². The average Bonchev–Trinajstić information content (AvgIpc) is 3.16. The molecule has 2 fully saturated rings. The van der Waals surface area contributed by atoms with Gasteiger partial charge in [-0.15, -0.1) is 0 Å². The van der Waals surface area contributed by atoms with Gasteiger partial charge in [0.15, 0.2) is 5.78 Å². The van der Waals surface area contributed by atoms with Crippen molar-refractivity contribution in [2.75, 3.05) is 13.1 Å². The summed E-state index contributed by atoms with van der Waals surface area (Å²) in [5.74, 6) is 1.10. The van der Waals surface area contributed by atoms with Crippen LogP contribution in [0.3, 0.4) is 0 Å². The first-order valence-electron chi connectivity index (χ1n) is 12.0. The molecule has 2 aliphatic heterocycles. The van der Waals surface area contributed by atoms with Crippen molar-refractivity contribution in [3.63, 3.8) is 0 Å². The first-order chi connectivity index (χ1) is 16.1. The topological polar surface area (TPSA) is 75.7 Å². The van der Waals surface area contributed by atoms with Crippen LogP contribution in [0.2, 0.25) is 0 Å². The van der Waals surface area contributed by atoms with Gasteiger partial charge in [0.2, 0.25) is 0 Å². The molecule has 33 heavy (non-hydrogen) atoms. The fourth-order valence-corrected chi connectivity index (χ4v) is 5.25. The van der Waals surface area contributed by atoms with E-state index in [4.69, 9.17) is 4.74 Å². The van der Waals surface area contributed by atoms with Crippen molar-refractivity contribution in [1.82, 2.24) is 10.2 Å². The number of hydrogen-bond donors (Lipinski definition) is 1. The molecule has 0 aromatic heterocycles. The number of rotatable bonds is 6. The molecule has 1 aliphatic carbocycles. The number of nitrogens with one attached hydrogen (secondary N) is 1. The lowest BCUT2D eigenvalue weighted by atomic mass is 9.91. The summed E-state index contributed by atoms with van der Waals surface area (Å²) in [6.07, 6.45) is 4.30. The maximum atomic E-state index is 13.0. The number of ether oxygens (including phenoxy) is 1. The van der Waals surface area contributed by atoms with Crippen molar-refractivity contribution < 1.29 is 19.1 Å². The predicted molar refractivity (Wildman–Crippen MR) is 124 cm³/mol. The Labute approximate surface area is 194 Å². The number of ketones is 2. The fraction of sp³-hybridized carbons (Fsp3) is 0.444. The van der Waals surface area contributed by atoms with Crippen molar-refractivity contribution in [2.45, 2.75) is 57.7 Å². The van der Waals surface area contributed by atoms with Crippen molar-refractivity contribution in [3.05, 3.63) is 64.7 Å². The van der Waals surface area contributed by atoms with Crippen LogP contribution in [0.5, 0.6) is 5.75 Å². The van der Waals surface area contributed by atoms with E-state index < -0.39 is 6.04 Å². The molecule has 1 N–H and O–H groups in total. The molecule has 172 valence electrons. The second-order valence-electron chi connectivity index (χ2n) is 9.45. The molecule has 2 aromatic rings. The van der Waals surface area contributed by atoms with Crippen LogP contribution < -0.4 is 10.1 Å². The van der Waals surface area contributed by atoms with E-state index in [1.165, 1.54) is 18.4 Å². The Bertz CT molecular complexity index is 1060. The SMILES string of the molecule is O=C1CCC(N2Cc3c(OCc4ccc(CC5CCNCC5)cc4)cccc3C2=O)C(=O)C1. The van der Waals surface area contributed by atoms with Gasteiger partial charge in [0, 0.05) is 17.5 Å². The zero-order valence-electron chi connectivity index (χ0n) is 18.8. The minimum absolute atomic E-state index is 0.0359. The van der Waals surface area contributed by atoms with Gasteiger partial charge in [-0.05, 0) is 68.0 Å². The summed E-state index contributed by atoms with van der Waals surface area (Å²) in [5.41, 5.74) is 3.87. The van der Waals surface area contributed by atoms with Gasteiger partial charge in [0.05, 0.1) is 19.0 Å². The Morgan fingerprint density at radius 1 is 0.939 bits per heavy atom. The van der Waals surface area contributed by atoms with Gasteiger partial charge < -0.3 is 15.0 Å². The van der Waals surface area contributed by atoms with E-state index in [1.54, 1.807) is 11.0 Å². The van der Waals surface area contributed by atoms with Crippen LogP contribution in [0, 0.1) is 5.92 Å². The Morgan fingerprint density at radius 3 is 2.45 bits per heavy atom. The number of Topliss-reactive ketones (excluding diaryl/α,β-unsaturated/α-hetero) is 2. The molecule has 6 heteroatoms. The van der Waals surface area contributed by atoms with Crippen LogP contribution in [-0.2, 0) is 29.2 Å². The minimum Gasteiger partial charge on any atom is -0.489 e. The Kier molecular flexibility index (Phi) is 6.27. The Morgan fingerprint density at radius 2 is 1.70 bits per heavy atom. The van der Waals surface area contributed by atoms with Gasteiger partial charge in [-0.25, -0.2) is 0 Å². The van der Waals surface area contributed by atoms with E-state index >= 15 is 0 Å². The Hall–Kier alpha value is -2.99. The normalized spacial score (nSPS) is 21.4. The molecule has 1 saturated heterocycles. The molecular formula is C27H30N2O4. The summed E-state index contributed by atoms with van der Waals surface area (Å²) in [4.78, 5) is 38.6. The van der Waals surface area contributed by atoms with Crippen LogP contribution in [0.25, 0.3) is 0 Å². The van der Waals surface area contributed by atoms with Crippen LogP contribution in [0.4, 0.5) is 0 Å². The molecule has 0 bridgehead atoms. The van der Waals surface area contributed by atoms with Gasteiger partial charge in [-0.1, -0.05) is 30.3 Å². The molecule has 1 unspecified atom stereocenters. The van der Waals surface area contributed by atoms with E-state index in [-0.39, 0.29) is 23.9 Å². The molecule has 1 atom stereocenters. The fourth-order valence-electron chi connectivity index (χ4n) is 5.25. The minimum atomic E-state index is -0.511. The van der Waals surface area contributed by atoms with E-state index in [0.717, 1.165) is 36.6 Å². The number of amides is 1. The predicted octanol–water partition coefficient (Wildman–Crippen LogP) is 3.45. The highest BCUT2D eigenvalue weighted by Gasteiger charge is 2.39. The average molecular weight is 447 g/mol. The lowest BCUT2D eigenvalue weighted by Gasteiger charge is -2.29. The highest BCUT2D eigenvalue weighted by molar-refractivity contribution is 6.07. The maximum absolute atomic E-state index is 13.0. The van der Waals surface area contributed by atoms with Crippen LogP contribution >= 0.6 is 0 Å². The third-order valence-corrected chi connectivity index (χ3v) is 7.17. The summed E-state index contributed by atoms with van der Waals surface area (Å²) in [6, 6.07) is 13.6. The van der Waals surface area contributed by atoms with Crippen LogP contribution in [0.1, 0.15) is 59.2 Å². The monoisotopic (exact) mass is 446 g/mol. The van der Waals surface area contributed by atoms with Gasteiger partial charge in [-0.2, -0.15) is 0 Å². The van der Waals surface area contributed by atoms with Gasteiger partial charge in [-0.3, -0.25) is 14.4 Å². The zero-order chi connectivity index (χ0) is 22.8. The van der Waals surface area contributed by atoms with Gasteiger partial charge in [0.25, 0.3) is 5.91 Å². The number of fused-ring (bicyclic) bond motifs is 1. The quantitative estimate of drug-likeness (QED) is 0.688. The summed E-state index contributed by atoms with van der Waals surface area (Å²) < 4.78 is 6.13. The third-order valence-electron chi connectivity index (χ3n) is 7.17. The summed E-state index contributed by atoms with van der Waals surface area (Å²) in [7, 11) is 0. The lowest BCUT2D eigenvalue weighted by molar-refractivity contribution is -0.133. The number of piperidine rings is 1. The summed E-state index contributed by atoms with van der Waals surface area (Å²) >= 11 is 0. The zero-order valence-corrected chi connectivity index (χ0v) is 18.8. The van der Waals surface area contributed by atoms with E-state index in [1.807, 2.05) is 12.1 Å². The van der Waals surface area contributed by atoms with Crippen molar-refractivity contribution in [3.8, 4) is 5.75 Å². The van der Waals surface area contributed by atoms with Gasteiger partial charge in [0.1, 0.15) is 18.1 Å². The van der Waals surface area contributed by atoms with Gasteiger partial charge >= 0.3 is 0 Å². The first-order valence-corrected chi connectivity index (χ1v) is 12.0. The summed E-state index contributed by atoms with van der Waals surface area (Å²) in [5, 5.41) is 3.42. The van der Waals surface area contributed by atoms with Crippen LogP contribution in [0.15, 0.2) is 42.5 Å². The second-order valence-corrected chi connectivity index (χ2v) is 9.45. The van der Waals surface area contributed by atoms with Crippen molar-refractivity contribution in [2.24, 2.45) is 5.92 Å². The molecule has 1 amide bonds. The second kappa shape index (κ2) is 9.48. The Balaban J connectivity index is 1.23. The highest BCUT2D eigenvalue weighted by Crippen LogP contribution is 2.34. The van der Waals surface area contributed by atoms with E-state index in [0.29, 0.717) is 37.3 Å². The number of hydrogen-bond acceptors (Lipinski definition) is 5. The van der Waals surface area contributed by atoms with E-state index in [9.17, 15) is 14.4 Å². The molecule has 2 aromatic carbocycles. The molecule has 1 saturated carbocycles. The standard InChI is InChI=1S/C27H30N2O4/c30-21-8-9-24(25(31)15-21)29-16-23-22(27(29)32)2-1-3-26(23)33-17-20-6-4-18(5-7-20)14-19-10-12-28-13-11-19/h1-7,19,24,28H,8-17H2. The molecule has 2 heterocycles. The molecule has 0 radical (unpaired) electrons. The number of carbonyl (C=O) groups is 3.